The summed E-state index contributed by atoms with van der Waals surface area (Å²) in [5.41, 5.74) is 3.95. The van der Waals surface area contributed by atoms with Crippen molar-refractivity contribution in [2.24, 2.45) is 11.8 Å². The number of carbonyl (C=O) groups excluding carboxylic acids is 2. The Morgan fingerprint density at radius 1 is 1.06 bits per heavy atom. The zero-order valence-corrected chi connectivity index (χ0v) is 18.8. The normalized spacial score (nSPS) is 18.4. The first-order valence-corrected chi connectivity index (χ1v) is 11.3. The van der Waals surface area contributed by atoms with Crippen molar-refractivity contribution < 1.29 is 37.4 Å². The number of ether oxygens (including phenoxy) is 1. The molecule has 1 unspecified atom stereocenters. The number of carbonyl (C=O) groups is 3. The van der Waals surface area contributed by atoms with Crippen LogP contribution < -0.4 is 5.32 Å². The molecule has 1 heterocycles. The van der Waals surface area contributed by atoms with Gasteiger partial charge < -0.3 is 20.1 Å². The van der Waals surface area contributed by atoms with Crippen LogP contribution in [0.3, 0.4) is 0 Å². The summed E-state index contributed by atoms with van der Waals surface area (Å²) >= 11 is 0. The Hall–Kier alpha value is -3.56. The number of nitrogens with zero attached hydrogens (tertiary/aromatic N) is 1. The Morgan fingerprint density at radius 3 is 2.23 bits per heavy atom. The third kappa shape index (κ3) is 5.26. The molecule has 2 aromatic rings. The van der Waals surface area contributed by atoms with Crippen LogP contribution in [0.5, 0.6) is 0 Å². The number of likely N-dealkylation sites (tertiary alicyclic amines) is 1. The van der Waals surface area contributed by atoms with E-state index >= 15 is 0 Å². The van der Waals surface area contributed by atoms with E-state index in [4.69, 9.17) is 9.84 Å². The van der Waals surface area contributed by atoms with Gasteiger partial charge in [-0.05, 0) is 35.1 Å². The average molecular weight is 490 g/mol. The van der Waals surface area contributed by atoms with Crippen LogP contribution in [0.15, 0.2) is 48.5 Å². The molecule has 2 aromatic carbocycles. The molecule has 1 fully saturated rings. The summed E-state index contributed by atoms with van der Waals surface area (Å²) in [4.78, 5) is 37.0. The summed E-state index contributed by atoms with van der Waals surface area (Å²) in [5, 5.41) is 11.2. The summed E-state index contributed by atoms with van der Waals surface area (Å²) < 4.78 is 46.2. The first-order valence-electron chi connectivity index (χ1n) is 11.3. The van der Waals surface area contributed by atoms with Crippen molar-refractivity contribution in [3.63, 3.8) is 0 Å². The van der Waals surface area contributed by atoms with Crippen LogP contribution in [0.25, 0.3) is 11.1 Å². The molecule has 10 heteroatoms. The van der Waals surface area contributed by atoms with Crippen LogP contribution >= 0.6 is 0 Å². The SMILES string of the molecule is O=C(NCC(C(=O)N1CCC[C@H](C(=O)O)C1)C(F)(F)F)OCC1c2ccccc2-c2ccccc21. The van der Waals surface area contributed by atoms with Gasteiger partial charge in [0.15, 0.2) is 5.92 Å². The molecule has 2 amide bonds. The van der Waals surface area contributed by atoms with Gasteiger partial charge in [-0.15, -0.1) is 0 Å². The van der Waals surface area contributed by atoms with Crippen LogP contribution in [0.2, 0.25) is 0 Å². The number of carboxylic acids is 1. The molecule has 2 N–H and O–H groups in total. The second-order valence-electron chi connectivity index (χ2n) is 8.76. The third-order valence-electron chi connectivity index (χ3n) is 6.57. The van der Waals surface area contributed by atoms with Gasteiger partial charge in [0.25, 0.3) is 0 Å². The fraction of sp³-hybridized carbons (Fsp3) is 0.400. The predicted octanol–water partition coefficient (Wildman–Crippen LogP) is 4.03. The highest BCUT2D eigenvalue weighted by Gasteiger charge is 2.47. The van der Waals surface area contributed by atoms with E-state index < -0.39 is 42.5 Å². The molecular formula is C25H25F3N2O5. The quantitative estimate of drug-likeness (QED) is 0.638. The van der Waals surface area contributed by atoms with E-state index in [1.54, 1.807) is 0 Å². The van der Waals surface area contributed by atoms with Crippen molar-refractivity contribution in [2.75, 3.05) is 26.2 Å². The number of piperidine rings is 1. The van der Waals surface area contributed by atoms with Crippen molar-refractivity contribution in [3.05, 3.63) is 59.7 Å². The van der Waals surface area contributed by atoms with E-state index in [0.29, 0.717) is 12.8 Å². The first-order chi connectivity index (χ1) is 16.7. The lowest BCUT2D eigenvalue weighted by molar-refractivity contribution is -0.188. The highest BCUT2D eigenvalue weighted by atomic mass is 19.4. The molecule has 35 heavy (non-hydrogen) atoms. The van der Waals surface area contributed by atoms with E-state index in [2.05, 4.69) is 5.32 Å². The maximum absolute atomic E-state index is 13.6. The Morgan fingerprint density at radius 2 is 1.66 bits per heavy atom. The van der Waals surface area contributed by atoms with Gasteiger partial charge in [0.1, 0.15) is 6.61 Å². The summed E-state index contributed by atoms with van der Waals surface area (Å²) in [6.45, 7) is -1.31. The summed E-state index contributed by atoms with van der Waals surface area (Å²) in [6, 6.07) is 15.3. The molecule has 0 aromatic heterocycles. The maximum Gasteiger partial charge on any atom is 0.407 e. The fourth-order valence-corrected chi connectivity index (χ4v) is 4.78. The van der Waals surface area contributed by atoms with Crippen LogP contribution in [0.1, 0.15) is 29.9 Å². The zero-order valence-electron chi connectivity index (χ0n) is 18.8. The van der Waals surface area contributed by atoms with Crippen LogP contribution in [-0.2, 0) is 14.3 Å². The number of benzene rings is 2. The minimum absolute atomic E-state index is 0.0418. The number of alkyl carbamates (subject to hydrolysis) is 1. The molecule has 1 aliphatic carbocycles. The van der Waals surface area contributed by atoms with Crippen molar-refractivity contribution in [1.29, 1.82) is 0 Å². The summed E-state index contributed by atoms with van der Waals surface area (Å²) in [7, 11) is 0. The van der Waals surface area contributed by atoms with E-state index in [9.17, 15) is 27.6 Å². The molecule has 1 aliphatic heterocycles. The highest BCUT2D eigenvalue weighted by molar-refractivity contribution is 5.82. The van der Waals surface area contributed by atoms with Crippen molar-refractivity contribution >= 4 is 18.0 Å². The van der Waals surface area contributed by atoms with E-state index in [1.807, 2.05) is 48.5 Å². The molecule has 0 bridgehead atoms. The molecule has 2 aliphatic rings. The molecule has 4 rings (SSSR count). The molecule has 0 radical (unpaired) electrons. The van der Waals surface area contributed by atoms with Gasteiger partial charge in [-0.3, -0.25) is 9.59 Å². The number of hydrogen-bond donors (Lipinski definition) is 2. The Balaban J connectivity index is 1.38. The number of hydrogen-bond acceptors (Lipinski definition) is 4. The molecule has 2 atom stereocenters. The second kappa shape index (κ2) is 9.97. The molecule has 0 spiro atoms. The number of nitrogens with one attached hydrogen (secondary N) is 1. The molecule has 0 saturated carbocycles. The van der Waals surface area contributed by atoms with Gasteiger partial charge in [0.05, 0.1) is 5.92 Å². The third-order valence-corrected chi connectivity index (χ3v) is 6.57. The van der Waals surface area contributed by atoms with E-state index in [-0.39, 0.29) is 25.6 Å². The number of aliphatic carboxylic acids is 1. The van der Waals surface area contributed by atoms with Gasteiger partial charge >= 0.3 is 18.2 Å². The van der Waals surface area contributed by atoms with Crippen molar-refractivity contribution in [2.45, 2.75) is 24.9 Å². The first kappa shape index (κ1) is 24.6. The Bertz CT molecular complexity index is 1070. The summed E-state index contributed by atoms with van der Waals surface area (Å²) in [5.74, 6) is -6.05. The maximum atomic E-state index is 13.6. The largest absolute Gasteiger partial charge is 0.481 e. The topological polar surface area (TPSA) is 95.9 Å². The number of halogens is 3. The Kier molecular flexibility index (Phi) is 7.00. The number of fused-ring (bicyclic) bond motifs is 3. The van der Waals surface area contributed by atoms with Crippen molar-refractivity contribution in [1.82, 2.24) is 10.2 Å². The average Bonchev–Trinajstić information content (AvgIpc) is 3.15. The van der Waals surface area contributed by atoms with Crippen molar-refractivity contribution in [3.8, 4) is 11.1 Å². The van der Waals surface area contributed by atoms with Gasteiger partial charge in [-0.25, -0.2) is 4.79 Å². The van der Waals surface area contributed by atoms with Gasteiger partial charge in [-0.1, -0.05) is 48.5 Å². The monoisotopic (exact) mass is 490 g/mol. The molecule has 186 valence electrons. The van der Waals surface area contributed by atoms with Crippen LogP contribution in [0.4, 0.5) is 18.0 Å². The minimum Gasteiger partial charge on any atom is -0.481 e. The highest BCUT2D eigenvalue weighted by Crippen LogP contribution is 2.44. The number of carboxylic acid groups (broad SMARTS) is 1. The fourth-order valence-electron chi connectivity index (χ4n) is 4.78. The second-order valence-corrected chi connectivity index (χ2v) is 8.76. The standard InChI is InChI=1S/C25H25F3N2O5/c26-25(27,28)21(22(31)30-11-5-6-15(13-30)23(32)33)12-29-24(34)35-14-20-18-9-3-1-7-16(18)17-8-2-4-10-19(17)20/h1-4,7-10,15,20-21H,5-6,11-14H2,(H,29,34)(H,32,33)/t15-,21?/m0/s1. The predicted molar refractivity (Wildman–Crippen MR) is 120 cm³/mol. The lowest BCUT2D eigenvalue weighted by Gasteiger charge is -2.34. The van der Waals surface area contributed by atoms with Gasteiger partial charge in [-0.2, -0.15) is 13.2 Å². The minimum atomic E-state index is -4.91. The van der Waals surface area contributed by atoms with E-state index in [0.717, 1.165) is 27.2 Å². The molecule has 1 saturated heterocycles. The van der Waals surface area contributed by atoms with Crippen LogP contribution in [-0.4, -0.2) is 60.4 Å². The smallest absolute Gasteiger partial charge is 0.407 e. The summed E-state index contributed by atoms with van der Waals surface area (Å²) in [6.07, 6.45) is -5.37. The number of amides is 2. The van der Waals surface area contributed by atoms with Crippen LogP contribution in [0, 0.1) is 11.8 Å². The molecule has 7 nitrogen and oxygen atoms in total. The zero-order chi connectivity index (χ0) is 25.2. The lowest BCUT2D eigenvalue weighted by Crippen LogP contribution is -2.51. The number of alkyl halides is 3. The van der Waals surface area contributed by atoms with E-state index in [1.165, 1.54) is 0 Å². The lowest BCUT2D eigenvalue weighted by atomic mass is 9.96. The number of rotatable bonds is 6. The van der Waals surface area contributed by atoms with Gasteiger partial charge in [0, 0.05) is 25.6 Å². The molecular weight excluding hydrogens is 465 g/mol. The van der Waals surface area contributed by atoms with Gasteiger partial charge in [0.2, 0.25) is 5.91 Å². The Labute approximate surface area is 199 Å².